The summed E-state index contributed by atoms with van der Waals surface area (Å²) in [4.78, 5) is 53.6. The summed E-state index contributed by atoms with van der Waals surface area (Å²) in [6.45, 7) is 1.93. The molecule has 206 valence electrons. The minimum atomic E-state index is -1.11. The van der Waals surface area contributed by atoms with Crippen LogP contribution in [0, 0.1) is 0 Å². The maximum absolute atomic E-state index is 14.1. The third-order valence-electron chi connectivity index (χ3n) is 6.82. The van der Waals surface area contributed by atoms with Gasteiger partial charge in [-0.25, -0.2) is 9.59 Å². The minimum absolute atomic E-state index is 0.0265. The van der Waals surface area contributed by atoms with Gasteiger partial charge in [0.25, 0.3) is 0 Å². The Labute approximate surface area is 239 Å². The molecule has 8 heteroatoms. The van der Waals surface area contributed by atoms with E-state index in [1.54, 1.807) is 97.1 Å². The molecule has 0 bridgehead atoms. The van der Waals surface area contributed by atoms with Crippen LogP contribution < -0.4 is 30.3 Å². The van der Waals surface area contributed by atoms with E-state index in [1.165, 1.54) is 0 Å². The van der Waals surface area contributed by atoms with Crippen LogP contribution in [0.3, 0.4) is 0 Å². The third kappa shape index (κ3) is 4.86. The van der Waals surface area contributed by atoms with Crippen LogP contribution >= 0.6 is 0 Å². The summed E-state index contributed by atoms with van der Waals surface area (Å²) in [5, 5.41) is 1.16. The van der Waals surface area contributed by atoms with Crippen LogP contribution in [0.25, 0.3) is 22.7 Å². The SMILES string of the molecule is CCc1ccc2c(c1)=C(OC(=O)Oc1ccccc1)C(=O)C1=c3ccccc3=C(OC(=O)Oc3ccccc3)C(=O)C=21. The van der Waals surface area contributed by atoms with Crippen LogP contribution in [-0.4, -0.2) is 23.9 Å². The molecule has 0 atom stereocenters. The van der Waals surface area contributed by atoms with E-state index in [9.17, 15) is 19.2 Å². The largest absolute Gasteiger partial charge is 0.519 e. The molecular formula is C34H22O8. The van der Waals surface area contributed by atoms with Gasteiger partial charge in [-0.2, -0.15) is 0 Å². The molecule has 0 aromatic heterocycles. The molecule has 0 saturated heterocycles. The summed E-state index contributed by atoms with van der Waals surface area (Å²) in [5.74, 6) is -1.43. The van der Waals surface area contributed by atoms with Crippen LogP contribution in [0.15, 0.2) is 103 Å². The summed E-state index contributed by atoms with van der Waals surface area (Å²) in [5.41, 5.74) is 0.903. The van der Waals surface area contributed by atoms with Crippen molar-refractivity contribution in [3.63, 3.8) is 0 Å². The Hall–Kier alpha value is -5.76. The van der Waals surface area contributed by atoms with E-state index in [-0.39, 0.29) is 44.6 Å². The van der Waals surface area contributed by atoms with E-state index in [0.717, 1.165) is 5.56 Å². The highest BCUT2D eigenvalue weighted by Crippen LogP contribution is 2.26. The first-order valence-electron chi connectivity index (χ1n) is 13.1. The maximum atomic E-state index is 14.1. The van der Waals surface area contributed by atoms with Gasteiger partial charge < -0.3 is 18.9 Å². The van der Waals surface area contributed by atoms with Crippen molar-refractivity contribution >= 4 is 46.5 Å². The Morgan fingerprint density at radius 1 is 0.524 bits per heavy atom. The predicted octanol–water partition coefficient (Wildman–Crippen LogP) is 3.06. The second-order valence-corrected chi connectivity index (χ2v) is 9.38. The molecule has 0 fully saturated rings. The van der Waals surface area contributed by atoms with Crippen molar-refractivity contribution in [2.45, 2.75) is 13.3 Å². The number of hydrogen-bond acceptors (Lipinski definition) is 8. The highest BCUT2D eigenvalue weighted by atomic mass is 16.7. The first-order valence-corrected chi connectivity index (χ1v) is 13.1. The second kappa shape index (κ2) is 11.0. The maximum Gasteiger partial charge on any atom is 0.519 e. The normalized spacial score (nSPS) is 13.5. The second-order valence-electron chi connectivity index (χ2n) is 9.38. The lowest BCUT2D eigenvalue weighted by atomic mass is 9.83. The first kappa shape index (κ1) is 26.5. The summed E-state index contributed by atoms with van der Waals surface area (Å²) < 4.78 is 21.6. The summed E-state index contributed by atoms with van der Waals surface area (Å²) in [7, 11) is 0. The number of benzene rings is 4. The number of carbonyl (C=O) groups is 4. The Bertz CT molecular complexity index is 2030. The number of carbonyl (C=O) groups excluding carboxylic acids is 4. The molecule has 0 radical (unpaired) electrons. The monoisotopic (exact) mass is 558 g/mol. The van der Waals surface area contributed by atoms with Crippen molar-refractivity contribution in [3.8, 4) is 11.5 Å². The number of para-hydroxylation sites is 2. The molecular weight excluding hydrogens is 536 g/mol. The lowest BCUT2D eigenvalue weighted by molar-refractivity contribution is -0.112. The molecule has 4 aromatic rings. The summed E-state index contributed by atoms with van der Waals surface area (Å²) in [6, 6.07) is 28.3. The zero-order valence-corrected chi connectivity index (χ0v) is 22.3. The van der Waals surface area contributed by atoms with Gasteiger partial charge in [0.05, 0.1) is 0 Å². The molecule has 2 aliphatic rings. The van der Waals surface area contributed by atoms with E-state index in [1.807, 2.05) is 13.0 Å². The Morgan fingerprint density at radius 2 is 0.976 bits per heavy atom. The molecule has 0 N–H and O–H groups in total. The molecule has 0 aliphatic heterocycles. The fourth-order valence-electron chi connectivity index (χ4n) is 4.91. The van der Waals surface area contributed by atoms with Crippen molar-refractivity contribution in [2.24, 2.45) is 0 Å². The number of Topliss-reactive ketones (excluding diaryl/α,β-unsaturated/α-hetero) is 2. The van der Waals surface area contributed by atoms with Crippen molar-refractivity contribution in [1.82, 2.24) is 0 Å². The van der Waals surface area contributed by atoms with Gasteiger partial charge >= 0.3 is 12.3 Å². The molecule has 0 unspecified atom stereocenters. The molecule has 8 nitrogen and oxygen atoms in total. The van der Waals surface area contributed by atoms with Gasteiger partial charge in [0.15, 0.2) is 11.5 Å². The zero-order valence-electron chi connectivity index (χ0n) is 22.3. The van der Waals surface area contributed by atoms with Crippen LogP contribution in [0.2, 0.25) is 0 Å². The van der Waals surface area contributed by atoms with E-state index < -0.39 is 23.9 Å². The van der Waals surface area contributed by atoms with Gasteiger partial charge in [-0.15, -0.1) is 0 Å². The fraction of sp³-hybridized carbons (Fsp3) is 0.0588. The summed E-state index contributed by atoms with van der Waals surface area (Å²) in [6.07, 6.45) is -1.58. The van der Waals surface area contributed by atoms with E-state index in [2.05, 4.69) is 0 Å². The Morgan fingerprint density at radius 3 is 1.50 bits per heavy atom. The molecule has 0 spiro atoms. The van der Waals surface area contributed by atoms with Crippen LogP contribution in [0.5, 0.6) is 11.5 Å². The third-order valence-corrected chi connectivity index (χ3v) is 6.82. The lowest BCUT2D eigenvalue weighted by Crippen LogP contribution is -2.48. The predicted molar refractivity (Wildman–Crippen MR) is 152 cm³/mol. The van der Waals surface area contributed by atoms with Crippen LogP contribution in [0.1, 0.15) is 12.5 Å². The topological polar surface area (TPSA) is 105 Å². The smallest absolute Gasteiger partial charge is 0.395 e. The average molecular weight is 559 g/mol. The quantitative estimate of drug-likeness (QED) is 0.272. The molecule has 0 heterocycles. The number of fused-ring (bicyclic) bond motifs is 3. The molecule has 42 heavy (non-hydrogen) atoms. The standard InChI is InChI=1S/C34H22O8/c1-2-20-17-18-24-26(19-20)32(42-34(38)40-22-13-7-4-8-14-22)30(36)27-23-15-9-10-16-25(23)31(29(35)28(24)27)41-33(37)39-21-11-5-3-6-12-21/h3-19H,2H2,1H3. The molecule has 0 amide bonds. The van der Waals surface area contributed by atoms with Crippen LogP contribution in [-0.2, 0) is 25.5 Å². The van der Waals surface area contributed by atoms with Gasteiger partial charge in [-0.3, -0.25) is 9.59 Å². The number of ketones is 2. The van der Waals surface area contributed by atoms with E-state index >= 15 is 0 Å². The lowest BCUT2D eigenvalue weighted by Gasteiger charge is -2.22. The van der Waals surface area contributed by atoms with Crippen molar-refractivity contribution < 1.29 is 38.1 Å². The molecule has 2 aliphatic carbocycles. The molecule has 6 rings (SSSR count). The Kier molecular flexibility index (Phi) is 6.94. The molecule has 0 saturated carbocycles. The summed E-state index contributed by atoms with van der Waals surface area (Å²) >= 11 is 0. The van der Waals surface area contributed by atoms with Crippen LogP contribution in [0.4, 0.5) is 9.59 Å². The van der Waals surface area contributed by atoms with Gasteiger partial charge in [-0.05, 0) is 52.8 Å². The first-order chi connectivity index (χ1) is 20.4. The molecule has 4 aromatic carbocycles. The average Bonchev–Trinajstić information content (AvgIpc) is 3.01. The number of ether oxygens (including phenoxy) is 4. The highest BCUT2D eigenvalue weighted by Gasteiger charge is 2.37. The van der Waals surface area contributed by atoms with Gasteiger partial charge in [0.2, 0.25) is 11.6 Å². The Balaban J connectivity index is 1.51. The number of rotatable bonds is 5. The fourth-order valence-corrected chi connectivity index (χ4v) is 4.91. The number of hydrogen-bond donors (Lipinski definition) is 0. The van der Waals surface area contributed by atoms with Gasteiger partial charge in [0, 0.05) is 21.6 Å². The van der Waals surface area contributed by atoms with Crippen molar-refractivity contribution in [2.75, 3.05) is 0 Å². The van der Waals surface area contributed by atoms with Gasteiger partial charge in [0.1, 0.15) is 11.5 Å². The highest BCUT2D eigenvalue weighted by molar-refractivity contribution is 6.58. The van der Waals surface area contributed by atoms with E-state index in [4.69, 9.17) is 18.9 Å². The van der Waals surface area contributed by atoms with E-state index in [0.29, 0.717) is 16.9 Å². The van der Waals surface area contributed by atoms with Crippen molar-refractivity contribution in [3.05, 3.63) is 130 Å². The number of aryl methyl sites for hydroxylation is 1. The van der Waals surface area contributed by atoms with Gasteiger partial charge in [-0.1, -0.05) is 79.7 Å². The zero-order chi connectivity index (χ0) is 29.2. The van der Waals surface area contributed by atoms with Crippen molar-refractivity contribution in [1.29, 1.82) is 0 Å². The minimum Gasteiger partial charge on any atom is -0.395 e.